The predicted octanol–water partition coefficient (Wildman–Crippen LogP) is 4.23. The predicted molar refractivity (Wildman–Crippen MR) is 152 cm³/mol. The molecule has 8 heteroatoms. The fourth-order valence-electron chi connectivity index (χ4n) is 6.91. The molecule has 0 aliphatic carbocycles. The average Bonchev–Trinajstić information content (AvgIpc) is 3.28. The third-order valence-corrected chi connectivity index (χ3v) is 9.19. The topological polar surface area (TPSA) is 73.0 Å². The Balaban J connectivity index is 0.995. The first-order chi connectivity index (χ1) is 19.4. The van der Waals surface area contributed by atoms with Crippen LogP contribution in [0.15, 0.2) is 66.7 Å². The highest BCUT2D eigenvalue weighted by Crippen LogP contribution is 2.36. The van der Waals surface area contributed by atoms with E-state index in [0.717, 1.165) is 36.8 Å². The van der Waals surface area contributed by atoms with Crippen LogP contribution in [0.2, 0.25) is 5.02 Å². The van der Waals surface area contributed by atoms with Crippen molar-refractivity contribution >= 4 is 29.3 Å². The molecule has 7 nitrogen and oxygen atoms in total. The highest BCUT2D eigenvalue weighted by molar-refractivity contribution is 6.30. The molecule has 3 aromatic rings. The molecule has 4 fully saturated rings. The van der Waals surface area contributed by atoms with Gasteiger partial charge in [-0.2, -0.15) is 0 Å². The molecule has 3 unspecified atom stereocenters. The van der Waals surface area contributed by atoms with Crippen LogP contribution in [0.1, 0.15) is 46.3 Å². The molecule has 3 atom stereocenters. The van der Waals surface area contributed by atoms with Gasteiger partial charge in [0, 0.05) is 61.8 Å². The van der Waals surface area contributed by atoms with E-state index in [1.54, 1.807) is 4.90 Å². The number of hydrogen-bond acceptors (Lipinski definition) is 5. The minimum absolute atomic E-state index is 0.119. The number of benzene rings is 3. The van der Waals surface area contributed by atoms with Crippen molar-refractivity contribution in [3.63, 3.8) is 0 Å². The van der Waals surface area contributed by atoms with Crippen molar-refractivity contribution in [3.05, 3.63) is 94.0 Å². The number of imide groups is 1. The fraction of sp³-hybridized carbons (Fsp3) is 0.344. The zero-order valence-corrected chi connectivity index (χ0v) is 22.9. The summed E-state index contributed by atoms with van der Waals surface area (Å²) >= 11 is 6.11. The van der Waals surface area contributed by atoms with E-state index in [1.165, 1.54) is 28.7 Å². The Bertz CT molecular complexity index is 1490. The van der Waals surface area contributed by atoms with E-state index in [9.17, 15) is 14.4 Å². The molecule has 0 saturated carbocycles. The number of nitrogens with zero attached hydrogens (tertiary/aromatic N) is 3. The van der Waals surface area contributed by atoms with Crippen molar-refractivity contribution in [2.75, 3.05) is 13.1 Å². The molecule has 8 rings (SSSR count). The molecule has 0 aromatic heterocycles. The highest BCUT2D eigenvalue weighted by Gasteiger charge is 2.44. The summed E-state index contributed by atoms with van der Waals surface area (Å²) < 4.78 is 0. The maximum absolute atomic E-state index is 13.0. The molecule has 5 heterocycles. The molecule has 4 saturated heterocycles. The van der Waals surface area contributed by atoms with E-state index in [4.69, 9.17) is 11.6 Å². The summed E-state index contributed by atoms with van der Waals surface area (Å²) in [7, 11) is 0. The van der Waals surface area contributed by atoms with Gasteiger partial charge in [-0.15, -0.1) is 0 Å². The van der Waals surface area contributed by atoms with E-state index in [-0.39, 0.29) is 24.1 Å². The number of fused-ring (bicyclic) bond motifs is 3. The second-order valence-electron chi connectivity index (χ2n) is 11.5. The molecular weight excluding hydrogens is 524 g/mol. The van der Waals surface area contributed by atoms with Crippen LogP contribution in [0.4, 0.5) is 0 Å². The Hall–Kier alpha value is -3.52. The molecule has 5 aliphatic rings. The minimum Gasteiger partial charge on any atom is -0.322 e. The van der Waals surface area contributed by atoms with Crippen molar-refractivity contribution in [1.82, 2.24) is 20.0 Å². The number of piperidine rings is 2. The number of amides is 3. The Labute approximate surface area is 238 Å². The van der Waals surface area contributed by atoms with Gasteiger partial charge in [-0.05, 0) is 58.9 Å². The zero-order chi connectivity index (χ0) is 27.4. The largest absolute Gasteiger partial charge is 0.322 e. The summed E-state index contributed by atoms with van der Waals surface area (Å²) in [5.41, 5.74) is 6.62. The molecule has 1 N–H and O–H groups in total. The molecule has 204 valence electrons. The molecule has 2 bridgehead atoms. The molecule has 3 amide bonds. The Morgan fingerprint density at radius 1 is 0.875 bits per heavy atom. The molecular formula is C32H31ClN4O3. The number of nitrogens with one attached hydrogen (secondary N) is 1. The number of halogens is 1. The van der Waals surface area contributed by atoms with Crippen molar-refractivity contribution in [2.24, 2.45) is 0 Å². The van der Waals surface area contributed by atoms with Gasteiger partial charge < -0.3 is 4.90 Å². The van der Waals surface area contributed by atoms with E-state index >= 15 is 0 Å². The second-order valence-corrected chi connectivity index (χ2v) is 11.9. The van der Waals surface area contributed by atoms with Crippen LogP contribution in [0.3, 0.4) is 0 Å². The van der Waals surface area contributed by atoms with Gasteiger partial charge in [0.1, 0.15) is 6.04 Å². The first-order valence-corrected chi connectivity index (χ1v) is 14.4. The molecule has 0 radical (unpaired) electrons. The standard InChI is InChI=1S/C32H31ClN4O3/c33-24-8-6-21(7-9-24)27-4-2-1-3-22(27)16-35-18-25-14-26(19-35)36(25)15-20-5-10-28-23(13-20)17-37(32(28)40)29-11-12-30(38)34-31(29)39/h1-10,13,25-26,29H,11-12,14-19H2,(H,34,38,39). The van der Waals surface area contributed by atoms with Gasteiger partial charge >= 0.3 is 0 Å². The average molecular weight is 555 g/mol. The number of carbonyl (C=O) groups is 3. The number of hydrogen-bond donors (Lipinski definition) is 1. The van der Waals surface area contributed by atoms with Gasteiger partial charge in [-0.1, -0.05) is 60.1 Å². The van der Waals surface area contributed by atoms with E-state index < -0.39 is 6.04 Å². The van der Waals surface area contributed by atoms with Gasteiger partial charge in [-0.25, -0.2) is 0 Å². The maximum Gasteiger partial charge on any atom is 0.255 e. The first kappa shape index (κ1) is 25.4. The van der Waals surface area contributed by atoms with Gasteiger partial charge in [0.15, 0.2) is 0 Å². The third kappa shape index (κ3) is 4.62. The third-order valence-electron chi connectivity index (χ3n) is 8.94. The summed E-state index contributed by atoms with van der Waals surface area (Å²) in [6.07, 6.45) is 1.88. The number of carbonyl (C=O) groups excluding carboxylic acids is 3. The minimum atomic E-state index is -0.577. The molecule has 3 aromatic carbocycles. The van der Waals surface area contributed by atoms with Crippen LogP contribution < -0.4 is 5.32 Å². The fourth-order valence-corrected chi connectivity index (χ4v) is 7.03. The summed E-state index contributed by atoms with van der Waals surface area (Å²) in [5, 5.41) is 3.12. The summed E-state index contributed by atoms with van der Waals surface area (Å²) in [6.45, 7) is 4.29. The lowest BCUT2D eigenvalue weighted by atomic mass is 9.86. The number of rotatable bonds is 6. The summed E-state index contributed by atoms with van der Waals surface area (Å²) in [4.78, 5) is 43.7. The van der Waals surface area contributed by atoms with Gasteiger partial charge in [-0.3, -0.25) is 29.5 Å². The summed E-state index contributed by atoms with van der Waals surface area (Å²) in [6, 6.07) is 23.3. The van der Waals surface area contributed by atoms with Crippen LogP contribution in [0, 0.1) is 0 Å². The first-order valence-electron chi connectivity index (χ1n) is 14.0. The monoisotopic (exact) mass is 554 g/mol. The SMILES string of the molecule is O=C1CCC(N2Cc3cc(CN4C5CC4CN(Cc4ccccc4-c4ccc(Cl)cc4)C5)ccc3C2=O)C(=O)N1. The second kappa shape index (κ2) is 10.1. The molecule has 40 heavy (non-hydrogen) atoms. The Kier molecular flexibility index (Phi) is 6.45. The van der Waals surface area contributed by atoms with Crippen molar-refractivity contribution in [3.8, 4) is 11.1 Å². The normalized spacial score (nSPS) is 24.6. The lowest BCUT2D eigenvalue weighted by Gasteiger charge is -2.56. The lowest BCUT2D eigenvalue weighted by Crippen LogP contribution is -2.67. The van der Waals surface area contributed by atoms with Crippen LogP contribution in [-0.2, 0) is 29.2 Å². The van der Waals surface area contributed by atoms with Crippen molar-refractivity contribution in [1.29, 1.82) is 0 Å². The smallest absolute Gasteiger partial charge is 0.255 e. The zero-order valence-electron chi connectivity index (χ0n) is 22.2. The van der Waals surface area contributed by atoms with Crippen LogP contribution >= 0.6 is 11.6 Å². The number of piperazine rings is 1. The Morgan fingerprint density at radius 3 is 2.42 bits per heavy atom. The van der Waals surface area contributed by atoms with Gasteiger partial charge in [0.25, 0.3) is 5.91 Å². The Morgan fingerprint density at radius 2 is 1.65 bits per heavy atom. The van der Waals surface area contributed by atoms with Gasteiger partial charge in [0.2, 0.25) is 11.8 Å². The quantitative estimate of drug-likeness (QED) is 0.462. The highest BCUT2D eigenvalue weighted by atomic mass is 35.5. The van der Waals surface area contributed by atoms with Crippen LogP contribution in [-0.4, -0.2) is 63.6 Å². The lowest BCUT2D eigenvalue weighted by molar-refractivity contribution is -0.136. The van der Waals surface area contributed by atoms with Crippen molar-refractivity contribution in [2.45, 2.75) is 57.0 Å². The van der Waals surface area contributed by atoms with E-state index in [2.05, 4.69) is 63.6 Å². The van der Waals surface area contributed by atoms with Crippen LogP contribution in [0.25, 0.3) is 11.1 Å². The van der Waals surface area contributed by atoms with Gasteiger partial charge in [0.05, 0.1) is 0 Å². The molecule has 0 spiro atoms. The van der Waals surface area contributed by atoms with Crippen molar-refractivity contribution < 1.29 is 14.4 Å². The van der Waals surface area contributed by atoms with E-state index in [1.807, 2.05) is 18.2 Å². The van der Waals surface area contributed by atoms with E-state index in [0.29, 0.717) is 30.6 Å². The molecule has 5 aliphatic heterocycles. The maximum atomic E-state index is 13.0. The summed E-state index contributed by atoms with van der Waals surface area (Å²) in [5.74, 6) is -0.755. The van der Waals surface area contributed by atoms with Crippen LogP contribution in [0.5, 0.6) is 0 Å².